The van der Waals surface area contributed by atoms with Crippen molar-refractivity contribution >= 4 is 46.4 Å². The maximum atomic E-state index is 11.6. The fraction of sp³-hybridized carbons (Fsp3) is 0.409. The molecule has 3 rings (SSSR count). The molecule has 3 aromatic rings. The van der Waals surface area contributed by atoms with Gasteiger partial charge in [0, 0.05) is 18.7 Å². The van der Waals surface area contributed by atoms with Crippen molar-refractivity contribution < 1.29 is 10.2 Å². The number of aromatic hydroxyl groups is 1. The van der Waals surface area contributed by atoms with E-state index in [2.05, 4.69) is 53.7 Å². The number of hydrogen-bond donors (Lipinski definition) is 5. The van der Waals surface area contributed by atoms with Gasteiger partial charge in [0.15, 0.2) is 0 Å². The van der Waals surface area contributed by atoms with Crippen LogP contribution in [0.25, 0.3) is 10.2 Å². The van der Waals surface area contributed by atoms with Crippen molar-refractivity contribution in [2.75, 3.05) is 19.6 Å². The number of aromatic nitrogens is 1. The third-order valence-corrected chi connectivity index (χ3v) is 5.68. The Hall–Kier alpha value is -1.61. The molecule has 172 valence electrons. The SMILES string of the molecule is CC(C)CNCc1cccc(CCNC[C@H](O)c2ccc(O)c3[nH]c(=O)sc23)c1.Cl.Cl. The molecule has 0 amide bonds. The van der Waals surface area contributed by atoms with Crippen molar-refractivity contribution in [1.29, 1.82) is 0 Å². The van der Waals surface area contributed by atoms with Gasteiger partial charge in [-0.2, -0.15) is 0 Å². The predicted molar refractivity (Wildman–Crippen MR) is 133 cm³/mol. The summed E-state index contributed by atoms with van der Waals surface area (Å²) in [6, 6.07) is 11.7. The minimum atomic E-state index is -0.754. The normalized spacial score (nSPS) is 11.9. The van der Waals surface area contributed by atoms with Crippen molar-refractivity contribution in [1.82, 2.24) is 15.6 Å². The molecule has 5 N–H and O–H groups in total. The number of nitrogens with one attached hydrogen (secondary N) is 3. The summed E-state index contributed by atoms with van der Waals surface area (Å²) >= 11 is 1.00. The van der Waals surface area contributed by atoms with E-state index in [1.54, 1.807) is 6.07 Å². The third kappa shape index (κ3) is 7.79. The van der Waals surface area contributed by atoms with E-state index in [9.17, 15) is 15.0 Å². The van der Waals surface area contributed by atoms with Gasteiger partial charge >= 0.3 is 4.87 Å². The van der Waals surface area contributed by atoms with Crippen LogP contribution in [0.3, 0.4) is 0 Å². The van der Waals surface area contributed by atoms with E-state index < -0.39 is 6.10 Å². The monoisotopic (exact) mass is 487 g/mol. The second-order valence-corrected chi connectivity index (χ2v) is 8.69. The van der Waals surface area contributed by atoms with E-state index in [-0.39, 0.29) is 35.4 Å². The summed E-state index contributed by atoms with van der Waals surface area (Å²) < 4.78 is 0.603. The standard InChI is InChI=1S/C22H29N3O3S.2ClH/c1-14(2)11-24-12-16-5-3-4-15(10-16)8-9-23-13-19(27)17-6-7-18(26)20-21(17)29-22(28)25-20;;/h3-7,10,14,19,23-24,26-27H,8-9,11-13H2,1-2H3,(H,25,28);2*1H/t19-;;/m0../s1. The fourth-order valence-corrected chi connectivity index (χ4v) is 4.20. The lowest BCUT2D eigenvalue weighted by atomic mass is 10.1. The van der Waals surface area contributed by atoms with Crippen molar-refractivity contribution in [3.63, 3.8) is 0 Å². The summed E-state index contributed by atoms with van der Waals surface area (Å²) in [5.41, 5.74) is 3.56. The Kier molecular flexibility index (Phi) is 11.5. The Bertz CT molecular complexity index is 1010. The molecule has 0 radical (unpaired) electrons. The van der Waals surface area contributed by atoms with Gasteiger partial charge in [0.2, 0.25) is 0 Å². The van der Waals surface area contributed by atoms with E-state index in [0.717, 1.165) is 37.4 Å². The lowest BCUT2D eigenvalue weighted by Gasteiger charge is -2.14. The lowest BCUT2D eigenvalue weighted by Crippen LogP contribution is -2.24. The van der Waals surface area contributed by atoms with Crippen LogP contribution in [0.2, 0.25) is 0 Å². The van der Waals surface area contributed by atoms with E-state index >= 15 is 0 Å². The molecule has 1 aromatic heterocycles. The van der Waals surface area contributed by atoms with Crippen molar-refractivity contribution in [3.05, 3.63) is 62.8 Å². The highest BCUT2D eigenvalue weighted by atomic mass is 35.5. The second-order valence-electron chi connectivity index (χ2n) is 7.71. The number of aliphatic hydroxyl groups is 1. The Labute approximate surface area is 198 Å². The van der Waals surface area contributed by atoms with Crippen LogP contribution in [0.5, 0.6) is 5.75 Å². The van der Waals surface area contributed by atoms with Crippen molar-refractivity contribution in [3.8, 4) is 5.75 Å². The Morgan fingerprint density at radius 2 is 1.81 bits per heavy atom. The van der Waals surface area contributed by atoms with Crippen LogP contribution in [-0.2, 0) is 13.0 Å². The van der Waals surface area contributed by atoms with Crippen LogP contribution in [0, 0.1) is 5.92 Å². The summed E-state index contributed by atoms with van der Waals surface area (Å²) in [6.07, 6.45) is 0.115. The van der Waals surface area contributed by atoms with Gasteiger partial charge in [0.25, 0.3) is 0 Å². The average Bonchev–Trinajstić information content (AvgIpc) is 3.08. The molecule has 1 atom stereocenters. The molecule has 1 heterocycles. The Morgan fingerprint density at radius 3 is 2.55 bits per heavy atom. The van der Waals surface area contributed by atoms with Gasteiger partial charge in [-0.1, -0.05) is 55.5 Å². The summed E-state index contributed by atoms with van der Waals surface area (Å²) in [4.78, 5) is 14.0. The summed E-state index contributed by atoms with van der Waals surface area (Å²) in [5.74, 6) is 0.654. The smallest absolute Gasteiger partial charge is 0.305 e. The van der Waals surface area contributed by atoms with Gasteiger partial charge in [-0.3, -0.25) is 4.79 Å². The number of fused-ring (bicyclic) bond motifs is 1. The maximum absolute atomic E-state index is 11.6. The molecule has 0 aliphatic rings. The molecule has 31 heavy (non-hydrogen) atoms. The number of phenols is 1. The number of aromatic amines is 1. The summed E-state index contributed by atoms with van der Waals surface area (Å²) in [5, 5.41) is 27.2. The lowest BCUT2D eigenvalue weighted by molar-refractivity contribution is 0.176. The number of halogens is 2. The highest BCUT2D eigenvalue weighted by Gasteiger charge is 2.15. The first-order valence-corrected chi connectivity index (χ1v) is 10.8. The second kappa shape index (κ2) is 13.1. The van der Waals surface area contributed by atoms with Crippen LogP contribution in [-0.4, -0.2) is 34.8 Å². The topological polar surface area (TPSA) is 97.4 Å². The number of rotatable bonds is 10. The number of aliphatic hydroxyl groups excluding tert-OH is 1. The molecule has 0 saturated heterocycles. The summed E-state index contributed by atoms with van der Waals surface area (Å²) in [7, 11) is 0. The average molecular weight is 488 g/mol. The molecule has 0 saturated carbocycles. The highest BCUT2D eigenvalue weighted by molar-refractivity contribution is 7.16. The quantitative estimate of drug-likeness (QED) is 0.280. The van der Waals surface area contributed by atoms with E-state index in [1.165, 1.54) is 17.2 Å². The third-order valence-electron chi connectivity index (χ3n) is 4.75. The fourth-order valence-electron chi connectivity index (χ4n) is 3.28. The van der Waals surface area contributed by atoms with Crippen LogP contribution < -0.4 is 15.5 Å². The van der Waals surface area contributed by atoms with Gasteiger partial charge in [-0.15, -0.1) is 24.8 Å². The van der Waals surface area contributed by atoms with Gasteiger partial charge in [0.1, 0.15) is 11.3 Å². The Morgan fingerprint density at radius 1 is 1.06 bits per heavy atom. The molecule has 0 bridgehead atoms. The van der Waals surface area contributed by atoms with Crippen molar-refractivity contribution in [2.24, 2.45) is 5.92 Å². The first-order chi connectivity index (χ1) is 13.9. The van der Waals surface area contributed by atoms with E-state index in [0.29, 0.717) is 28.2 Å². The van der Waals surface area contributed by atoms with Gasteiger partial charge in [-0.25, -0.2) is 0 Å². The molecule has 0 fully saturated rings. The van der Waals surface area contributed by atoms with E-state index in [4.69, 9.17) is 0 Å². The number of thiazole rings is 1. The molecular weight excluding hydrogens is 457 g/mol. The van der Waals surface area contributed by atoms with Crippen molar-refractivity contribution in [2.45, 2.75) is 32.9 Å². The van der Waals surface area contributed by atoms with Crippen LogP contribution in [0.15, 0.2) is 41.2 Å². The molecule has 0 unspecified atom stereocenters. The molecule has 0 spiro atoms. The minimum absolute atomic E-state index is 0. The molecule has 2 aromatic carbocycles. The van der Waals surface area contributed by atoms with E-state index in [1.807, 2.05) is 0 Å². The van der Waals surface area contributed by atoms with Crippen LogP contribution in [0.4, 0.5) is 0 Å². The molecule has 0 aliphatic heterocycles. The first kappa shape index (κ1) is 27.4. The number of phenolic OH excluding ortho intramolecular Hbond substituents is 1. The van der Waals surface area contributed by atoms with Crippen LogP contribution in [0.1, 0.15) is 36.6 Å². The predicted octanol–water partition coefficient (Wildman–Crippen LogP) is 3.75. The Balaban J connectivity index is 0.00000240. The number of hydrogen-bond acceptors (Lipinski definition) is 6. The van der Waals surface area contributed by atoms with Gasteiger partial charge in [0.05, 0.1) is 10.8 Å². The molecular formula is C22H31Cl2N3O3S. The zero-order valence-corrected chi connectivity index (χ0v) is 20.1. The highest BCUT2D eigenvalue weighted by Crippen LogP contribution is 2.31. The minimum Gasteiger partial charge on any atom is -0.506 e. The zero-order valence-electron chi connectivity index (χ0n) is 17.7. The zero-order chi connectivity index (χ0) is 20.8. The number of benzene rings is 2. The maximum Gasteiger partial charge on any atom is 0.305 e. The van der Waals surface area contributed by atoms with Gasteiger partial charge < -0.3 is 25.8 Å². The number of H-pyrrole nitrogens is 1. The molecule has 0 aliphatic carbocycles. The van der Waals surface area contributed by atoms with Gasteiger partial charge in [-0.05, 0) is 42.6 Å². The largest absolute Gasteiger partial charge is 0.506 e. The van der Waals surface area contributed by atoms with Crippen LogP contribution >= 0.6 is 36.2 Å². The first-order valence-electron chi connectivity index (χ1n) is 9.96. The molecule has 9 heteroatoms. The molecule has 6 nitrogen and oxygen atoms in total. The summed E-state index contributed by atoms with van der Waals surface area (Å²) in [6.45, 7) is 7.39.